The highest BCUT2D eigenvalue weighted by atomic mass is 35.5. The SMILES string of the molecule is CCOc1ccc(/C=C/C(=O)O[C@@H](C)C(=O)Nc2cccc(Cl)c2C)cc1OC. The molecular formula is C22H24ClNO5. The smallest absolute Gasteiger partial charge is 0.331 e. The summed E-state index contributed by atoms with van der Waals surface area (Å²) in [6.45, 7) is 5.70. The van der Waals surface area contributed by atoms with Crippen molar-refractivity contribution in [2.24, 2.45) is 0 Å². The molecule has 0 bridgehead atoms. The number of hydrogen-bond acceptors (Lipinski definition) is 5. The van der Waals surface area contributed by atoms with E-state index in [1.54, 1.807) is 56.5 Å². The standard InChI is InChI=1S/C22H24ClNO5/c1-5-28-19-11-9-16(13-20(19)27-4)10-12-21(25)29-15(3)22(26)24-18-8-6-7-17(23)14(18)2/h6-13,15H,5H2,1-4H3,(H,24,26)/b12-10+/t15-/m0/s1. The summed E-state index contributed by atoms with van der Waals surface area (Å²) in [6, 6.07) is 10.5. The minimum Gasteiger partial charge on any atom is -0.493 e. The Morgan fingerprint density at radius 1 is 1.21 bits per heavy atom. The zero-order valence-electron chi connectivity index (χ0n) is 16.8. The van der Waals surface area contributed by atoms with Crippen molar-refractivity contribution in [2.45, 2.75) is 26.9 Å². The molecule has 1 atom stereocenters. The molecule has 154 valence electrons. The van der Waals surface area contributed by atoms with Crippen molar-refractivity contribution in [1.29, 1.82) is 0 Å². The summed E-state index contributed by atoms with van der Waals surface area (Å²) >= 11 is 6.05. The van der Waals surface area contributed by atoms with Gasteiger partial charge in [0.25, 0.3) is 5.91 Å². The second-order valence-electron chi connectivity index (χ2n) is 6.16. The number of methoxy groups -OCH3 is 1. The number of anilines is 1. The molecule has 0 aliphatic heterocycles. The molecule has 29 heavy (non-hydrogen) atoms. The zero-order valence-corrected chi connectivity index (χ0v) is 17.6. The van der Waals surface area contributed by atoms with E-state index in [1.807, 2.05) is 6.92 Å². The molecule has 0 heterocycles. The highest BCUT2D eigenvalue weighted by Gasteiger charge is 2.17. The maximum Gasteiger partial charge on any atom is 0.331 e. The first kappa shape index (κ1) is 22.3. The largest absolute Gasteiger partial charge is 0.493 e. The molecule has 0 saturated carbocycles. The Morgan fingerprint density at radius 3 is 2.66 bits per heavy atom. The third-order valence-corrected chi connectivity index (χ3v) is 4.50. The van der Waals surface area contributed by atoms with Gasteiger partial charge in [0.2, 0.25) is 0 Å². The third-order valence-electron chi connectivity index (χ3n) is 4.09. The first-order valence-electron chi connectivity index (χ1n) is 9.11. The van der Waals surface area contributed by atoms with Crippen molar-refractivity contribution < 1.29 is 23.8 Å². The fraction of sp³-hybridized carbons (Fsp3) is 0.273. The van der Waals surface area contributed by atoms with Crippen LogP contribution in [-0.2, 0) is 14.3 Å². The lowest BCUT2D eigenvalue weighted by Gasteiger charge is -2.14. The molecule has 0 spiro atoms. The molecule has 1 N–H and O–H groups in total. The second kappa shape index (κ2) is 10.5. The van der Waals surface area contributed by atoms with E-state index in [9.17, 15) is 9.59 Å². The first-order valence-corrected chi connectivity index (χ1v) is 9.49. The fourth-order valence-corrected chi connectivity index (χ4v) is 2.65. The molecule has 0 aromatic heterocycles. The second-order valence-corrected chi connectivity index (χ2v) is 6.56. The third kappa shape index (κ3) is 6.26. The monoisotopic (exact) mass is 417 g/mol. The van der Waals surface area contributed by atoms with Gasteiger partial charge in [-0.15, -0.1) is 0 Å². The topological polar surface area (TPSA) is 73.9 Å². The number of rotatable bonds is 8. The predicted octanol–water partition coefficient (Wildman–Crippen LogP) is 4.64. The van der Waals surface area contributed by atoms with Crippen LogP contribution in [0.5, 0.6) is 11.5 Å². The van der Waals surface area contributed by atoms with Gasteiger partial charge in [0.05, 0.1) is 13.7 Å². The summed E-state index contributed by atoms with van der Waals surface area (Å²) in [6.07, 6.45) is 1.86. The Hall–Kier alpha value is -2.99. The molecule has 0 aliphatic rings. The lowest BCUT2D eigenvalue weighted by atomic mass is 10.2. The van der Waals surface area contributed by atoms with Crippen LogP contribution in [0.15, 0.2) is 42.5 Å². The number of carbonyl (C=O) groups is 2. The highest BCUT2D eigenvalue weighted by molar-refractivity contribution is 6.31. The summed E-state index contributed by atoms with van der Waals surface area (Å²) in [5, 5.41) is 3.25. The van der Waals surface area contributed by atoms with Crippen molar-refractivity contribution in [3.8, 4) is 11.5 Å². The molecule has 0 aliphatic carbocycles. The Labute approximate surface area is 175 Å². The van der Waals surface area contributed by atoms with Crippen LogP contribution in [-0.4, -0.2) is 31.7 Å². The highest BCUT2D eigenvalue weighted by Crippen LogP contribution is 2.28. The average molecular weight is 418 g/mol. The molecule has 2 aromatic rings. The van der Waals surface area contributed by atoms with Crippen molar-refractivity contribution in [1.82, 2.24) is 0 Å². The quantitative estimate of drug-likeness (QED) is 0.500. The predicted molar refractivity (Wildman–Crippen MR) is 114 cm³/mol. The Bertz CT molecular complexity index is 910. The lowest BCUT2D eigenvalue weighted by Crippen LogP contribution is -2.29. The van der Waals surface area contributed by atoms with E-state index in [0.717, 1.165) is 11.1 Å². The maximum atomic E-state index is 12.3. The molecular weight excluding hydrogens is 394 g/mol. The summed E-state index contributed by atoms with van der Waals surface area (Å²) in [5.41, 5.74) is 2.04. The van der Waals surface area contributed by atoms with E-state index in [1.165, 1.54) is 13.0 Å². The number of nitrogens with one attached hydrogen (secondary N) is 1. The number of ether oxygens (including phenoxy) is 3. The van der Waals surface area contributed by atoms with Crippen LogP contribution in [0.2, 0.25) is 5.02 Å². The minimum absolute atomic E-state index is 0.445. The average Bonchev–Trinajstić information content (AvgIpc) is 2.70. The maximum absolute atomic E-state index is 12.3. The first-order chi connectivity index (χ1) is 13.8. The number of benzene rings is 2. The van der Waals surface area contributed by atoms with Gasteiger partial charge in [-0.2, -0.15) is 0 Å². The van der Waals surface area contributed by atoms with E-state index in [4.69, 9.17) is 25.8 Å². The van der Waals surface area contributed by atoms with Gasteiger partial charge in [-0.3, -0.25) is 4.79 Å². The van der Waals surface area contributed by atoms with Gasteiger partial charge >= 0.3 is 5.97 Å². The van der Waals surface area contributed by atoms with E-state index in [-0.39, 0.29) is 0 Å². The van der Waals surface area contributed by atoms with Crippen molar-refractivity contribution in [3.05, 3.63) is 58.6 Å². The number of carbonyl (C=O) groups excluding carboxylic acids is 2. The molecule has 0 saturated heterocycles. The number of amides is 1. The van der Waals surface area contributed by atoms with Crippen LogP contribution in [0.1, 0.15) is 25.0 Å². The van der Waals surface area contributed by atoms with Gasteiger partial charge in [0.15, 0.2) is 17.6 Å². The Morgan fingerprint density at radius 2 is 1.97 bits per heavy atom. The van der Waals surface area contributed by atoms with Gasteiger partial charge in [0, 0.05) is 16.8 Å². The molecule has 0 unspecified atom stereocenters. The molecule has 1 amide bonds. The van der Waals surface area contributed by atoms with Crippen molar-refractivity contribution in [2.75, 3.05) is 19.0 Å². The van der Waals surface area contributed by atoms with Crippen molar-refractivity contribution >= 4 is 35.2 Å². The molecule has 7 heteroatoms. The van der Waals surface area contributed by atoms with Crippen LogP contribution in [0.25, 0.3) is 6.08 Å². The van der Waals surface area contributed by atoms with Gasteiger partial charge < -0.3 is 19.5 Å². The summed E-state index contributed by atoms with van der Waals surface area (Å²) < 4.78 is 15.9. The van der Waals surface area contributed by atoms with Gasteiger partial charge in [-0.1, -0.05) is 23.7 Å². The molecule has 0 fully saturated rings. The van der Waals surface area contributed by atoms with E-state index >= 15 is 0 Å². The van der Waals surface area contributed by atoms with E-state index < -0.39 is 18.0 Å². The van der Waals surface area contributed by atoms with Crippen LogP contribution in [0, 0.1) is 6.92 Å². The Kier molecular flexibility index (Phi) is 8.09. The molecule has 6 nitrogen and oxygen atoms in total. The number of esters is 1. The van der Waals surface area contributed by atoms with Crippen LogP contribution < -0.4 is 14.8 Å². The van der Waals surface area contributed by atoms with E-state index in [0.29, 0.717) is 28.8 Å². The number of halogens is 1. The summed E-state index contributed by atoms with van der Waals surface area (Å²) in [7, 11) is 1.54. The lowest BCUT2D eigenvalue weighted by molar-refractivity contribution is -0.148. The van der Waals surface area contributed by atoms with Crippen LogP contribution >= 0.6 is 11.6 Å². The van der Waals surface area contributed by atoms with Crippen molar-refractivity contribution in [3.63, 3.8) is 0 Å². The van der Waals surface area contributed by atoms with Gasteiger partial charge in [-0.05, 0) is 62.2 Å². The molecule has 2 rings (SSSR count). The summed E-state index contributed by atoms with van der Waals surface area (Å²) in [5.74, 6) is 0.103. The normalized spacial score (nSPS) is 11.8. The zero-order chi connectivity index (χ0) is 21.4. The van der Waals surface area contributed by atoms with E-state index in [2.05, 4.69) is 5.32 Å². The fourth-order valence-electron chi connectivity index (χ4n) is 2.47. The van der Waals surface area contributed by atoms with Crippen LogP contribution in [0.3, 0.4) is 0 Å². The Balaban J connectivity index is 1.97. The summed E-state index contributed by atoms with van der Waals surface area (Å²) in [4.78, 5) is 24.3. The molecule has 0 radical (unpaired) electrons. The van der Waals surface area contributed by atoms with Crippen LogP contribution in [0.4, 0.5) is 5.69 Å². The van der Waals surface area contributed by atoms with Gasteiger partial charge in [-0.25, -0.2) is 4.79 Å². The van der Waals surface area contributed by atoms with Gasteiger partial charge in [0.1, 0.15) is 0 Å². The molecule has 2 aromatic carbocycles. The minimum atomic E-state index is -0.972. The number of hydrogen-bond donors (Lipinski definition) is 1.